The highest BCUT2D eigenvalue weighted by molar-refractivity contribution is 5.93. The van der Waals surface area contributed by atoms with Crippen molar-refractivity contribution in [2.75, 3.05) is 18.9 Å². The zero-order chi connectivity index (χ0) is 16.7. The molecule has 1 N–H and O–H groups in total. The minimum atomic E-state index is -0.0809. The molecule has 0 saturated carbocycles. The van der Waals surface area contributed by atoms with Gasteiger partial charge in [-0.3, -0.25) is 4.79 Å². The van der Waals surface area contributed by atoms with Gasteiger partial charge in [-0.05, 0) is 17.9 Å². The Bertz CT molecular complexity index is 611. The lowest BCUT2D eigenvalue weighted by Crippen LogP contribution is -2.26. The van der Waals surface area contributed by atoms with Gasteiger partial charge in [0.25, 0.3) is 5.91 Å². The molecule has 1 aromatic carbocycles. The topological polar surface area (TPSA) is 58.1 Å². The van der Waals surface area contributed by atoms with Gasteiger partial charge in [-0.1, -0.05) is 44.2 Å². The van der Waals surface area contributed by atoms with Crippen LogP contribution in [0, 0.1) is 5.92 Å². The average Bonchev–Trinajstić information content (AvgIpc) is 2.55. The molecule has 5 nitrogen and oxygen atoms in total. The van der Waals surface area contributed by atoms with Crippen molar-refractivity contribution in [1.82, 2.24) is 14.9 Å². The summed E-state index contributed by atoms with van der Waals surface area (Å²) in [7, 11) is 1.78. The van der Waals surface area contributed by atoms with Gasteiger partial charge in [0.05, 0.1) is 5.56 Å². The van der Waals surface area contributed by atoms with Gasteiger partial charge < -0.3 is 10.2 Å². The summed E-state index contributed by atoms with van der Waals surface area (Å²) in [6, 6.07) is 9.90. The number of carbonyl (C=O) groups is 1. The highest BCUT2D eigenvalue weighted by Crippen LogP contribution is 2.08. The first-order chi connectivity index (χ1) is 11.1. The second-order valence-corrected chi connectivity index (χ2v) is 6.05. The van der Waals surface area contributed by atoms with E-state index in [0.717, 1.165) is 18.5 Å². The third-order valence-electron chi connectivity index (χ3n) is 3.51. The summed E-state index contributed by atoms with van der Waals surface area (Å²) in [5.74, 6) is 1.12. The van der Waals surface area contributed by atoms with Crippen molar-refractivity contribution < 1.29 is 4.79 Å². The van der Waals surface area contributed by atoms with Gasteiger partial charge in [0.2, 0.25) is 5.95 Å². The van der Waals surface area contributed by atoms with E-state index in [1.54, 1.807) is 24.3 Å². The van der Waals surface area contributed by atoms with Gasteiger partial charge in [0.15, 0.2) is 0 Å². The number of anilines is 1. The van der Waals surface area contributed by atoms with Crippen LogP contribution in [0.5, 0.6) is 0 Å². The summed E-state index contributed by atoms with van der Waals surface area (Å²) in [4.78, 5) is 22.5. The smallest absolute Gasteiger partial charge is 0.257 e. The van der Waals surface area contributed by atoms with E-state index in [9.17, 15) is 4.79 Å². The number of hydrogen-bond donors (Lipinski definition) is 1. The predicted molar refractivity (Wildman–Crippen MR) is 92.2 cm³/mol. The lowest BCUT2D eigenvalue weighted by molar-refractivity contribution is 0.0784. The summed E-state index contributed by atoms with van der Waals surface area (Å²) in [6.45, 7) is 5.74. The van der Waals surface area contributed by atoms with Crippen LogP contribution >= 0.6 is 0 Å². The van der Waals surface area contributed by atoms with Crippen LogP contribution < -0.4 is 5.32 Å². The highest BCUT2D eigenvalue weighted by Gasteiger charge is 2.13. The molecule has 5 heteroatoms. The molecule has 1 aromatic heterocycles. The van der Waals surface area contributed by atoms with Crippen molar-refractivity contribution in [3.8, 4) is 0 Å². The molecule has 2 aromatic rings. The van der Waals surface area contributed by atoms with Gasteiger partial charge in [-0.15, -0.1) is 0 Å². The van der Waals surface area contributed by atoms with E-state index in [1.165, 1.54) is 0 Å². The standard InChI is InChI=1S/C18H24N4O/c1-14(2)9-10-19-18-20-11-16(12-21-18)17(23)22(3)13-15-7-5-4-6-8-15/h4-8,11-12,14H,9-10,13H2,1-3H3,(H,19,20,21). The molecule has 23 heavy (non-hydrogen) atoms. The second-order valence-electron chi connectivity index (χ2n) is 6.05. The number of amides is 1. The molecule has 122 valence electrons. The maximum Gasteiger partial charge on any atom is 0.257 e. The van der Waals surface area contributed by atoms with Crippen LogP contribution in [0.15, 0.2) is 42.7 Å². The molecule has 0 radical (unpaired) electrons. The summed E-state index contributed by atoms with van der Waals surface area (Å²) < 4.78 is 0. The Hall–Kier alpha value is -2.43. The number of carbonyl (C=O) groups excluding carboxylic acids is 1. The molecular weight excluding hydrogens is 288 g/mol. The van der Waals surface area contributed by atoms with E-state index >= 15 is 0 Å². The van der Waals surface area contributed by atoms with Gasteiger partial charge in [-0.25, -0.2) is 9.97 Å². The van der Waals surface area contributed by atoms with Gasteiger partial charge in [-0.2, -0.15) is 0 Å². The molecule has 0 aliphatic heterocycles. The molecule has 0 unspecified atom stereocenters. The van der Waals surface area contributed by atoms with E-state index in [4.69, 9.17) is 0 Å². The first-order valence-corrected chi connectivity index (χ1v) is 7.91. The Morgan fingerprint density at radius 1 is 1.17 bits per heavy atom. The number of rotatable bonds is 7. The zero-order valence-corrected chi connectivity index (χ0v) is 14.0. The minimum Gasteiger partial charge on any atom is -0.354 e. The van der Waals surface area contributed by atoms with Crippen LogP contribution in [-0.2, 0) is 6.54 Å². The molecular formula is C18H24N4O. The molecule has 0 aliphatic rings. The fraction of sp³-hybridized carbons (Fsp3) is 0.389. The maximum absolute atomic E-state index is 12.4. The monoisotopic (exact) mass is 312 g/mol. The Morgan fingerprint density at radius 2 is 1.83 bits per heavy atom. The van der Waals surface area contributed by atoms with Gasteiger partial charge >= 0.3 is 0 Å². The fourth-order valence-electron chi connectivity index (χ4n) is 2.15. The fourth-order valence-corrected chi connectivity index (χ4v) is 2.15. The molecule has 0 fully saturated rings. The number of aromatic nitrogens is 2. The predicted octanol–water partition coefficient (Wildman–Crippen LogP) is 3.21. The Balaban J connectivity index is 1.91. The Labute approximate surface area is 137 Å². The number of hydrogen-bond acceptors (Lipinski definition) is 4. The van der Waals surface area contributed by atoms with Gasteiger partial charge in [0.1, 0.15) is 0 Å². The third-order valence-corrected chi connectivity index (χ3v) is 3.51. The maximum atomic E-state index is 12.4. The quantitative estimate of drug-likeness (QED) is 0.853. The summed E-state index contributed by atoms with van der Waals surface area (Å²) >= 11 is 0. The number of nitrogens with one attached hydrogen (secondary N) is 1. The van der Waals surface area contributed by atoms with Crippen LogP contribution in [0.4, 0.5) is 5.95 Å². The molecule has 0 atom stereocenters. The first kappa shape index (κ1) is 16.9. The van der Waals surface area contributed by atoms with Crippen molar-refractivity contribution in [2.24, 2.45) is 5.92 Å². The molecule has 2 rings (SSSR count). The molecule has 1 amide bonds. The summed E-state index contributed by atoms with van der Waals surface area (Å²) in [5, 5.41) is 3.16. The molecule has 1 heterocycles. The minimum absolute atomic E-state index is 0.0809. The van der Waals surface area contributed by atoms with Crippen LogP contribution in [0.3, 0.4) is 0 Å². The van der Waals surface area contributed by atoms with Crippen LogP contribution in [0.2, 0.25) is 0 Å². The summed E-state index contributed by atoms with van der Waals surface area (Å²) in [6.07, 6.45) is 4.22. The molecule has 0 bridgehead atoms. The normalized spacial score (nSPS) is 10.6. The van der Waals surface area contributed by atoms with E-state index < -0.39 is 0 Å². The van der Waals surface area contributed by atoms with Crippen molar-refractivity contribution in [3.63, 3.8) is 0 Å². The lowest BCUT2D eigenvalue weighted by Gasteiger charge is -2.17. The van der Waals surface area contributed by atoms with Crippen LogP contribution in [0.25, 0.3) is 0 Å². The molecule has 0 spiro atoms. The van der Waals surface area contributed by atoms with Crippen molar-refractivity contribution in [2.45, 2.75) is 26.8 Å². The summed E-state index contributed by atoms with van der Waals surface area (Å²) in [5.41, 5.74) is 1.59. The van der Waals surface area contributed by atoms with E-state index in [0.29, 0.717) is 24.0 Å². The Kier molecular flexibility index (Phi) is 6.09. The van der Waals surface area contributed by atoms with Crippen molar-refractivity contribution >= 4 is 11.9 Å². The second kappa shape index (κ2) is 8.27. The van der Waals surface area contributed by atoms with Crippen molar-refractivity contribution in [1.29, 1.82) is 0 Å². The van der Waals surface area contributed by atoms with E-state index in [-0.39, 0.29) is 5.91 Å². The third kappa shape index (κ3) is 5.36. The van der Waals surface area contributed by atoms with Gasteiger partial charge in [0, 0.05) is 32.5 Å². The SMILES string of the molecule is CC(C)CCNc1ncc(C(=O)N(C)Cc2ccccc2)cn1. The highest BCUT2D eigenvalue weighted by atomic mass is 16.2. The molecule has 0 saturated heterocycles. The largest absolute Gasteiger partial charge is 0.354 e. The van der Waals surface area contributed by atoms with Crippen molar-refractivity contribution in [3.05, 3.63) is 53.9 Å². The van der Waals surface area contributed by atoms with Crippen LogP contribution in [-0.4, -0.2) is 34.4 Å². The lowest BCUT2D eigenvalue weighted by atomic mass is 10.1. The van der Waals surface area contributed by atoms with Crippen LogP contribution in [0.1, 0.15) is 36.2 Å². The van der Waals surface area contributed by atoms with E-state index in [2.05, 4.69) is 29.1 Å². The zero-order valence-electron chi connectivity index (χ0n) is 14.0. The van der Waals surface area contributed by atoms with E-state index in [1.807, 2.05) is 30.3 Å². The Morgan fingerprint density at radius 3 is 2.43 bits per heavy atom. The molecule has 0 aliphatic carbocycles. The number of nitrogens with zero attached hydrogens (tertiary/aromatic N) is 3. The first-order valence-electron chi connectivity index (χ1n) is 7.91. The number of benzene rings is 1. The average molecular weight is 312 g/mol.